The lowest BCUT2D eigenvalue weighted by molar-refractivity contribution is -0.119. The monoisotopic (exact) mass is 360 g/mol. The molecule has 1 heterocycles. The summed E-state index contributed by atoms with van der Waals surface area (Å²) in [6.07, 6.45) is 1.43. The van der Waals surface area contributed by atoms with E-state index in [1.54, 1.807) is 25.1 Å². The Hall–Kier alpha value is -3.49. The van der Waals surface area contributed by atoms with Crippen LogP contribution < -0.4 is 31.2 Å². The average molecular weight is 360 g/mol. The molecule has 2 aromatic rings. The van der Waals surface area contributed by atoms with Crippen molar-refractivity contribution in [2.24, 2.45) is 10.8 Å². The Kier molecular flexibility index (Phi) is 5.84. The van der Waals surface area contributed by atoms with E-state index in [1.807, 2.05) is 0 Å². The van der Waals surface area contributed by atoms with E-state index in [0.29, 0.717) is 17.1 Å². The summed E-state index contributed by atoms with van der Waals surface area (Å²) in [6, 6.07) is 6.28. The summed E-state index contributed by atoms with van der Waals surface area (Å²) in [4.78, 5) is 22.9. The molecule has 1 amide bonds. The van der Waals surface area contributed by atoms with Gasteiger partial charge in [-0.1, -0.05) is 0 Å². The van der Waals surface area contributed by atoms with Crippen molar-refractivity contribution in [3.05, 3.63) is 45.7 Å². The molecule has 1 aromatic heterocycles. The Morgan fingerprint density at radius 3 is 2.31 bits per heavy atom. The van der Waals surface area contributed by atoms with Gasteiger partial charge in [0.1, 0.15) is 5.82 Å². The molecular weight excluding hydrogens is 340 g/mol. The number of aryl methyl sites for hydroxylation is 1. The summed E-state index contributed by atoms with van der Waals surface area (Å²) >= 11 is 0. The summed E-state index contributed by atoms with van der Waals surface area (Å²) in [7, 11) is 2.88. The van der Waals surface area contributed by atoms with Crippen molar-refractivity contribution in [1.29, 1.82) is 0 Å². The van der Waals surface area contributed by atoms with Gasteiger partial charge in [-0.3, -0.25) is 9.59 Å². The maximum atomic E-state index is 12.0. The topological polar surface area (TPSA) is 131 Å². The second-order valence-electron chi connectivity index (χ2n) is 5.36. The van der Waals surface area contributed by atoms with Crippen LogP contribution in [0.2, 0.25) is 0 Å². The second-order valence-corrected chi connectivity index (χ2v) is 5.36. The molecule has 0 aliphatic rings. The van der Waals surface area contributed by atoms with Crippen molar-refractivity contribution < 1.29 is 19.0 Å². The molecule has 26 heavy (non-hydrogen) atoms. The van der Waals surface area contributed by atoms with Crippen LogP contribution >= 0.6 is 0 Å². The highest BCUT2D eigenvalue weighted by Gasteiger charge is 2.14. The summed E-state index contributed by atoms with van der Waals surface area (Å²) in [5.74, 6) is 0.450. The van der Waals surface area contributed by atoms with Crippen molar-refractivity contribution in [2.45, 2.75) is 6.92 Å². The number of nitrogens with zero attached hydrogens (tertiary/aromatic N) is 2. The molecule has 4 N–H and O–H groups in total. The van der Waals surface area contributed by atoms with Gasteiger partial charge < -0.3 is 25.7 Å². The third-order valence-electron chi connectivity index (χ3n) is 3.34. The summed E-state index contributed by atoms with van der Waals surface area (Å²) in [5, 5.41) is 4.10. The summed E-state index contributed by atoms with van der Waals surface area (Å²) < 4.78 is 16.9. The van der Waals surface area contributed by atoms with Gasteiger partial charge in [-0.05, 0) is 30.7 Å². The molecule has 0 aliphatic carbocycles. The zero-order valence-electron chi connectivity index (χ0n) is 14.7. The normalized spacial score (nSPS) is 10.7. The number of pyridine rings is 1. The number of carbonyl (C=O) groups is 1. The minimum absolute atomic E-state index is 0.214. The molecule has 0 aliphatic heterocycles. The number of methoxy groups -OCH3 is 2. The molecule has 0 fully saturated rings. The minimum atomic E-state index is -0.631. The van der Waals surface area contributed by atoms with E-state index >= 15 is 0 Å². The van der Waals surface area contributed by atoms with Gasteiger partial charge in [0, 0.05) is 11.6 Å². The van der Waals surface area contributed by atoms with E-state index in [1.165, 1.54) is 26.5 Å². The number of nitrogens with two attached hydrogens (primary N) is 2. The van der Waals surface area contributed by atoms with Gasteiger partial charge in [0.15, 0.2) is 18.1 Å². The zero-order valence-corrected chi connectivity index (χ0v) is 14.7. The smallest absolute Gasteiger partial charge is 0.273 e. The van der Waals surface area contributed by atoms with Crippen LogP contribution in [0.3, 0.4) is 0 Å². The molecule has 138 valence electrons. The predicted octanol–water partition coefficient (Wildman–Crippen LogP) is 0.502. The molecule has 0 saturated heterocycles. The first-order valence-electron chi connectivity index (χ1n) is 7.56. The van der Waals surface area contributed by atoms with E-state index < -0.39 is 5.91 Å². The molecule has 0 radical (unpaired) electrons. The van der Waals surface area contributed by atoms with Gasteiger partial charge in [0.2, 0.25) is 5.75 Å². The van der Waals surface area contributed by atoms with Gasteiger partial charge >= 0.3 is 0 Å². The lowest BCUT2D eigenvalue weighted by atomic mass is 10.2. The van der Waals surface area contributed by atoms with Crippen molar-refractivity contribution >= 4 is 17.9 Å². The number of rotatable bonds is 7. The Labute approximate surface area is 149 Å². The molecule has 0 unspecified atom stereocenters. The zero-order chi connectivity index (χ0) is 19.3. The number of primary amides is 1. The van der Waals surface area contributed by atoms with Gasteiger partial charge in [0.05, 0.1) is 20.4 Å². The standard InChI is InChI=1S/C17H20N4O5/c1-10-4-14(18)21(16(23)5-10)20-8-11-6-12(24-2)17(13(7-11)25-3)26-9-15(19)22/h4-8H,9,18H2,1-3H3,(H2,19,22)/b20-8-. The van der Waals surface area contributed by atoms with Crippen LogP contribution in [0.25, 0.3) is 0 Å². The first-order valence-corrected chi connectivity index (χ1v) is 7.56. The number of hydrogen-bond acceptors (Lipinski definition) is 7. The van der Waals surface area contributed by atoms with E-state index in [4.69, 9.17) is 25.7 Å². The minimum Gasteiger partial charge on any atom is -0.493 e. The van der Waals surface area contributed by atoms with Crippen LogP contribution in [0.5, 0.6) is 17.2 Å². The van der Waals surface area contributed by atoms with Crippen LogP contribution in [0.15, 0.2) is 34.2 Å². The highest BCUT2D eigenvalue weighted by molar-refractivity contribution is 5.82. The number of nitrogen functional groups attached to an aromatic ring is 1. The largest absolute Gasteiger partial charge is 0.493 e. The Morgan fingerprint density at radius 1 is 1.19 bits per heavy atom. The van der Waals surface area contributed by atoms with Crippen molar-refractivity contribution in [3.63, 3.8) is 0 Å². The number of ether oxygens (including phenoxy) is 3. The van der Waals surface area contributed by atoms with Crippen LogP contribution in [0, 0.1) is 6.92 Å². The van der Waals surface area contributed by atoms with Gasteiger partial charge in [-0.2, -0.15) is 9.78 Å². The summed E-state index contributed by atoms with van der Waals surface area (Å²) in [5.41, 5.74) is 11.9. The fourth-order valence-electron chi connectivity index (χ4n) is 2.23. The van der Waals surface area contributed by atoms with Crippen LogP contribution in [-0.2, 0) is 4.79 Å². The fourth-order valence-corrected chi connectivity index (χ4v) is 2.23. The molecule has 0 atom stereocenters. The van der Waals surface area contributed by atoms with E-state index in [-0.39, 0.29) is 23.7 Å². The van der Waals surface area contributed by atoms with E-state index in [9.17, 15) is 9.59 Å². The lowest BCUT2D eigenvalue weighted by Crippen LogP contribution is -2.20. The molecule has 0 saturated carbocycles. The quantitative estimate of drug-likeness (QED) is 0.691. The van der Waals surface area contributed by atoms with Gasteiger partial charge in [0.25, 0.3) is 11.5 Å². The predicted molar refractivity (Wildman–Crippen MR) is 97.1 cm³/mol. The fraction of sp³-hybridized carbons (Fsp3) is 0.235. The maximum absolute atomic E-state index is 12.0. The van der Waals surface area contributed by atoms with Gasteiger partial charge in [-0.15, -0.1) is 0 Å². The number of hydrogen-bond donors (Lipinski definition) is 2. The number of amides is 1. The molecule has 9 heteroatoms. The van der Waals surface area contributed by atoms with E-state index in [2.05, 4.69) is 5.10 Å². The molecule has 0 spiro atoms. The molecule has 0 bridgehead atoms. The third kappa shape index (κ3) is 4.32. The number of benzene rings is 1. The van der Waals surface area contributed by atoms with Crippen molar-refractivity contribution in [3.8, 4) is 17.2 Å². The lowest BCUT2D eigenvalue weighted by Gasteiger charge is -2.14. The number of aromatic nitrogens is 1. The SMILES string of the molecule is COc1cc(/C=N\n2c(N)cc(C)cc2=O)cc(OC)c1OCC(N)=O. The highest BCUT2D eigenvalue weighted by atomic mass is 16.5. The average Bonchev–Trinajstić information content (AvgIpc) is 2.58. The third-order valence-corrected chi connectivity index (χ3v) is 3.34. The van der Waals surface area contributed by atoms with Crippen LogP contribution in [0.1, 0.15) is 11.1 Å². The second kappa shape index (κ2) is 8.06. The Balaban J connectivity index is 2.42. The first kappa shape index (κ1) is 18.8. The maximum Gasteiger partial charge on any atom is 0.273 e. The highest BCUT2D eigenvalue weighted by Crippen LogP contribution is 2.38. The van der Waals surface area contributed by atoms with Gasteiger partial charge in [-0.25, -0.2) is 0 Å². The summed E-state index contributed by atoms with van der Waals surface area (Å²) in [6.45, 7) is 1.45. The number of anilines is 1. The molecule has 9 nitrogen and oxygen atoms in total. The Bertz CT molecular complexity index is 880. The van der Waals surface area contributed by atoms with Crippen molar-refractivity contribution in [1.82, 2.24) is 4.68 Å². The molecule has 2 rings (SSSR count). The van der Waals surface area contributed by atoms with Crippen LogP contribution in [0.4, 0.5) is 5.82 Å². The molecular formula is C17H20N4O5. The number of carbonyl (C=O) groups excluding carboxylic acids is 1. The Morgan fingerprint density at radius 2 is 1.81 bits per heavy atom. The molecule has 1 aromatic carbocycles. The van der Waals surface area contributed by atoms with E-state index in [0.717, 1.165) is 10.2 Å². The first-order chi connectivity index (χ1) is 12.3. The van der Waals surface area contributed by atoms with Crippen LogP contribution in [-0.4, -0.2) is 37.6 Å². The van der Waals surface area contributed by atoms with Crippen molar-refractivity contribution in [2.75, 3.05) is 26.6 Å².